The molecule has 1 aliphatic rings. The minimum Gasteiger partial charge on any atom is -0.458 e. The lowest BCUT2D eigenvalue weighted by molar-refractivity contribution is -0.135. The van der Waals surface area contributed by atoms with Gasteiger partial charge in [-0.2, -0.15) is 0 Å². The van der Waals surface area contributed by atoms with Gasteiger partial charge in [-0.15, -0.1) is 0 Å². The Balaban J connectivity index is 1.87. The van der Waals surface area contributed by atoms with E-state index < -0.39 is 6.10 Å². The fraction of sp³-hybridized carbons (Fsp3) is 0.824. The number of unbranched alkanes of at least 4 members (excludes halogenated alkanes) is 9. The normalized spacial score (nSPS) is 16.1. The van der Waals surface area contributed by atoms with Crippen molar-refractivity contribution in [2.45, 2.75) is 83.7 Å². The van der Waals surface area contributed by atoms with Crippen molar-refractivity contribution in [1.29, 1.82) is 0 Å². The second kappa shape index (κ2) is 10.9. The van der Waals surface area contributed by atoms with E-state index in [1.807, 2.05) is 0 Å². The maximum absolute atomic E-state index is 10.9. The molecule has 1 rings (SSSR count). The summed E-state index contributed by atoms with van der Waals surface area (Å²) >= 11 is 0. The van der Waals surface area contributed by atoms with Crippen LogP contribution in [0.15, 0.2) is 11.6 Å². The van der Waals surface area contributed by atoms with Crippen molar-refractivity contribution in [2.75, 3.05) is 6.61 Å². The first-order valence-corrected chi connectivity index (χ1v) is 8.29. The van der Waals surface area contributed by atoms with Crippen LogP contribution in [0, 0.1) is 0 Å². The average Bonchev–Trinajstić information content (AvgIpc) is 2.87. The van der Waals surface area contributed by atoms with Crippen LogP contribution in [0.3, 0.4) is 0 Å². The average molecular weight is 282 g/mol. The number of carbonyl (C=O) groups is 1. The summed E-state index contributed by atoms with van der Waals surface area (Å²) in [5.41, 5.74) is 0.742. The minimum atomic E-state index is -0.490. The summed E-state index contributed by atoms with van der Waals surface area (Å²) in [5, 5.41) is 9.89. The van der Waals surface area contributed by atoms with E-state index in [4.69, 9.17) is 4.74 Å². The van der Waals surface area contributed by atoms with E-state index in [9.17, 15) is 9.90 Å². The molecule has 116 valence electrons. The Bertz CT molecular complexity index is 297. The van der Waals surface area contributed by atoms with Gasteiger partial charge in [-0.25, -0.2) is 4.79 Å². The van der Waals surface area contributed by atoms with E-state index in [-0.39, 0.29) is 12.6 Å². The molecule has 1 unspecified atom stereocenters. The van der Waals surface area contributed by atoms with E-state index >= 15 is 0 Å². The van der Waals surface area contributed by atoms with Gasteiger partial charge in [0.25, 0.3) is 0 Å². The third-order valence-corrected chi connectivity index (χ3v) is 3.94. The Hall–Kier alpha value is -0.830. The van der Waals surface area contributed by atoms with Crippen LogP contribution in [0.25, 0.3) is 0 Å². The van der Waals surface area contributed by atoms with Crippen LogP contribution in [0.5, 0.6) is 0 Å². The van der Waals surface area contributed by atoms with Crippen LogP contribution < -0.4 is 0 Å². The van der Waals surface area contributed by atoms with Gasteiger partial charge in [-0.1, -0.05) is 71.1 Å². The van der Waals surface area contributed by atoms with Crippen molar-refractivity contribution >= 4 is 5.97 Å². The van der Waals surface area contributed by atoms with Crippen LogP contribution in [0.1, 0.15) is 77.6 Å². The van der Waals surface area contributed by atoms with Crippen molar-refractivity contribution in [2.24, 2.45) is 0 Å². The van der Waals surface area contributed by atoms with Crippen molar-refractivity contribution in [3.05, 3.63) is 11.6 Å². The maximum atomic E-state index is 10.9. The minimum absolute atomic E-state index is 0.276. The SMILES string of the molecule is CCCCCCCCCCCCC(O)C1=CC(=O)OC1. The first kappa shape index (κ1) is 17.2. The first-order chi connectivity index (χ1) is 9.74. The number of hydrogen-bond acceptors (Lipinski definition) is 3. The Morgan fingerprint density at radius 3 is 2.10 bits per heavy atom. The van der Waals surface area contributed by atoms with Crippen LogP contribution in [-0.4, -0.2) is 23.8 Å². The highest BCUT2D eigenvalue weighted by Crippen LogP contribution is 2.17. The number of rotatable bonds is 12. The monoisotopic (exact) mass is 282 g/mol. The van der Waals surface area contributed by atoms with Crippen LogP contribution in [-0.2, 0) is 9.53 Å². The van der Waals surface area contributed by atoms with Crippen molar-refractivity contribution in [3.8, 4) is 0 Å². The Kier molecular flexibility index (Phi) is 9.38. The molecule has 3 nitrogen and oxygen atoms in total. The van der Waals surface area contributed by atoms with Gasteiger partial charge in [-0.05, 0) is 6.42 Å². The third kappa shape index (κ3) is 7.68. The highest BCUT2D eigenvalue weighted by molar-refractivity contribution is 5.85. The fourth-order valence-electron chi connectivity index (χ4n) is 2.59. The number of aliphatic hydroxyl groups excluding tert-OH is 1. The topological polar surface area (TPSA) is 46.5 Å². The third-order valence-electron chi connectivity index (χ3n) is 3.94. The Labute approximate surface area is 123 Å². The van der Waals surface area contributed by atoms with Gasteiger partial charge >= 0.3 is 5.97 Å². The number of esters is 1. The standard InChI is InChI=1S/C17H30O3/c1-2-3-4-5-6-7-8-9-10-11-12-16(18)15-13-17(19)20-14-15/h13,16,18H,2-12,14H2,1H3. The van der Waals surface area contributed by atoms with E-state index in [1.165, 1.54) is 63.9 Å². The van der Waals surface area contributed by atoms with Gasteiger partial charge in [0.1, 0.15) is 6.61 Å². The summed E-state index contributed by atoms with van der Waals surface area (Å²) in [7, 11) is 0. The summed E-state index contributed by atoms with van der Waals surface area (Å²) in [6, 6.07) is 0. The molecule has 1 atom stereocenters. The predicted octanol–water partition coefficient (Wildman–Crippen LogP) is 4.14. The van der Waals surface area contributed by atoms with Gasteiger partial charge in [0, 0.05) is 11.6 Å². The van der Waals surface area contributed by atoms with E-state index in [0.717, 1.165) is 18.4 Å². The lowest BCUT2D eigenvalue weighted by Gasteiger charge is -2.10. The van der Waals surface area contributed by atoms with E-state index in [2.05, 4.69) is 6.92 Å². The molecule has 0 aliphatic carbocycles. The smallest absolute Gasteiger partial charge is 0.331 e. The second-order valence-electron chi connectivity index (χ2n) is 5.81. The van der Waals surface area contributed by atoms with Gasteiger partial charge in [0.15, 0.2) is 0 Å². The predicted molar refractivity (Wildman–Crippen MR) is 81.5 cm³/mol. The largest absolute Gasteiger partial charge is 0.458 e. The van der Waals surface area contributed by atoms with Crippen LogP contribution >= 0.6 is 0 Å². The molecule has 0 aromatic rings. The van der Waals surface area contributed by atoms with Gasteiger partial charge in [0.05, 0.1) is 6.10 Å². The van der Waals surface area contributed by atoms with Crippen LogP contribution in [0.4, 0.5) is 0 Å². The molecule has 1 N–H and O–H groups in total. The summed E-state index contributed by atoms with van der Waals surface area (Å²) in [5.74, 6) is -0.317. The first-order valence-electron chi connectivity index (χ1n) is 8.29. The summed E-state index contributed by atoms with van der Waals surface area (Å²) < 4.78 is 4.79. The number of aliphatic hydroxyl groups is 1. The molecule has 20 heavy (non-hydrogen) atoms. The lowest BCUT2D eigenvalue weighted by atomic mass is 10.0. The van der Waals surface area contributed by atoms with Crippen molar-refractivity contribution in [3.63, 3.8) is 0 Å². The lowest BCUT2D eigenvalue weighted by Crippen LogP contribution is -2.11. The van der Waals surface area contributed by atoms with Gasteiger partial charge in [0.2, 0.25) is 0 Å². The maximum Gasteiger partial charge on any atom is 0.331 e. The molecule has 1 heterocycles. The van der Waals surface area contributed by atoms with Gasteiger partial charge in [-0.3, -0.25) is 0 Å². The second-order valence-corrected chi connectivity index (χ2v) is 5.81. The molecule has 0 aromatic carbocycles. The molecule has 0 aromatic heterocycles. The molecule has 0 bridgehead atoms. The molecule has 0 radical (unpaired) electrons. The summed E-state index contributed by atoms with van der Waals surface area (Å²) in [6.45, 7) is 2.52. The van der Waals surface area contributed by atoms with Crippen molar-refractivity contribution in [1.82, 2.24) is 0 Å². The van der Waals surface area contributed by atoms with Crippen LogP contribution in [0.2, 0.25) is 0 Å². The number of carbonyl (C=O) groups excluding carboxylic acids is 1. The summed E-state index contributed by atoms with van der Waals surface area (Å²) in [6.07, 6.45) is 14.6. The number of hydrogen-bond donors (Lipinski definition) is 1. The molecule has 0 saturated heterocycles. The molecule has 0 spiro atoms. The number of ether oxygens (including phenoxy) is 1. The highest BCUT2D eigenvalue weighted by Gasteiger charge is 2.19. The molecule has 0 fully saturated rings. The molecule has 3 heteroatoms. The quantitative estimate of drug-likeness (QED) is 0.432. The highest BCUT2D eigenvalue weighted by atomic mass is 16.5. The Morgan fingerprint density at radius 1 is 1.05 bits per heavy atom. The Morgan fingerprint density at radius 2 is 1.60 bits per heavy atom. The summed E-state index contributed by atoms with van der Waals surface area (Å²) in [4.78, 5) is 10.9. The fourth-order valence-corrected chi connectivity index (χ4v) is 2.59. The number of cyclic esters (lactones) is 1. The zero-order valence-corrected chi connectivity index (χ0v) is 12.9. The van der Waals surface area contributed by atoms with Crippen molar-refractivity contribution < 1.29 is 14.6 Å². The molecule has 0 saturated carbocycles. The zero-order chi connectivity index (χ0) is 14.6. The molecular weight excluding hydrogens is 252 g/mol. The van der Waals surface area contributed by atoms with E-state index in [1.54, 1.807) is 0 Å². The molecule has 0 amide bonds. The van der Waals surface area contributed by atoms with E-state index in [0.29, 0.717) is 0 Å². The zero-order valence-electron chi connectivity index (χ0n) is 12.9. The van der Waals surface area contributed by atoms with Gasteiger partial charge < -0.3 is 9.84 Å². The molecular formula is C17H30O3. The molecule has 1 aliphatic heterocycles.